The van der Waals surface area contributed by atoms with Crippen LogP contribution in [0.1, 0.15) is 16.9 Å². The third kappa shape index (κ3) is 3.43. The molecule has 5 heteroatoms. The molecule has 1 fully saturated rings. The minimum Gasteiger partial charge on any atom is -0.391 e. The summed E-state index contributed by atoms with van der Waals surface area (Å²) in [5.74, 6) is -0.0380. The van der Waals surface area contributed by atoms with Gasteiger partial charge in [0.25, 0.3) is 0 Å². The third-order valence-corrected chi connectivity index (χ3v) is 4.76. The Morgan fingerprint density at radius 2 is 2.23 bits per heavy atom. The van der Waals surface area contributed by atoms with Gasteiger partial charge >= 0.3 is 0 Å². The van der Waals surface area contributed by atoms with E-state index in [0.29, 0.717) is 19.4 Å². The van der Waals surface area contributed by atoms with Gasteiger partial charge in [-0.3, -0.25) is 9.78 Å². The maximum Gasteiger partial charge on any atom is 0.246 e. The number of aliphatic hydroxyl groups excluding tert-OH is 1. The average Bonchev–Trinajstić information content (AvgIpc) is 3.17. The highest BCUT2D eigenvalue weighted by atomic mass is 32.1. The quantitative estimate of drug-likeness (QED) is 0.882. The molecular formula is C17H18N2O2S. The van der Waals surface area contributed by atoms with E-state index in [9.17, 15) is 9.90 Å². The Morgan fingerprint density at radius 1 is 1.41 bits per heavy atom. The molecule has 1 N–H and O–H groups in total. The van der Waals surface area contributed by atoms with E-state index in [0.717, 1.165) is 10.4 Å². The fourth-order valence-electron chi connectivity index (χ4n) is 2.75. The Morgan fingerprint density at radius 3 is 2.95 bits per heavy atom. The van der Waals surface area contributed by atoms with Crippen LogP contribution < -0.4 is 0 Å². The molecule has 0 aliphatic carbocycles. The molecule has 1 saturated heterocycles. The predicted octanol–water partition coefficient (Wildman–Crippen LogP) is 2.36. The first-order valence-electron chi connectivity index (χ1n) is 7.33. The molecule has 2 aromatic heterocycles. The first kappa shape index (κ1) is 14.9. The maximum absolute atomic E-state index is 12.4. The van der Waals surface area contributed by atoms with Crippen LogP contribution in [0.15, 0.2) is 48.1 Å². The lowest BCUT2D eigenvalue weighted by Crippen LogP contribution is -2.40. The Labute approximate surface area is 133 Å². The van der Waals surface area contributed by atoms with Crippen molar-refractivity contribution in [3.8, 4) is 0 Å². The van der Waals surface area contributed by atoms with Gasteiger partial charge in [-0.05, 0) is 48.1 Å². The molecule has 4 nitrogen and oxygen atoms in total. The van der Waals surface area contributed by atoms with Crippen molar-refractivity contribution in [2.75, 3.05) is 6.54 Å². The van der Waals surface area contributed by atoms with Crippen molar-refractivity contribution in [1.82, 2.24) is 9.88 Å². The summed E-state index contributed by atoms with van der Waals surface area (Å²) in [6.07, 6.45) is 7.73. The molecule has 0 saturated carbocycles. The Kier molecular flexibility index (Phi) is 4.65. The monoisotopic (exact) mass is 314 g/mol. The highest BCUT2D eigenvalue weighted by Crippen LogP contribution is 2.22. The lowest BCUT2D eigenvalue weighted by Gasteiger charge is -2.25. The number of hydrogen-bond acceptors (Lipinski definition) is 4. The molecule has 0 bridgehead atoms. The lowest BCUT2D eigenvalue weighted by molar-refractivity contribution is -0.127. The van der Waals surface area contributed by atoms with Crippen LogP contribution in [0, 0.1) is 0 Å². The van der Waals surface area contributed by atoms with Crippen LogP contribution in [-0.2, 0) is 11.2 Å². The second-order valence-corrected chi connectivity index (χ2v) is 6.34. The summed E-state index contributed by atoms with van der Waals surface area (Å²) in [5, 5.41) is 12.2. The summed E-state index contributed by atoms with van der Waals surface area (Å²) in [7, 11) is 0. The Hall–Kier alpha value is -1.98. The number of carbonyl (C=O) groups is 1. The molecule has 1 amide bonds. The third-order valence-electron chi connectivity index (χ3n) is 3.92. The van der Waals surface area contributed by atoms with Gasteiger partial charge in [0.05, 0.1) is 12.1 Å². The second kappa shape index (κ2) is 6.85. The molecule has 3 heterocycles. The van der Waals surface area contributed by atoms with Crippen molar-refractivity contribution in [2.24, 2.45) is 0 Å². The molecule has 2 aromatic rings. The van der Waals surface area contributed by atoms with Crippen molar-refractivity contribution in [1.29, 1.82) is 0 Å². The number of pyridine rings is 1. The normalized spacial score (nSPS) is 21.6. The molecule has 0 unspecified atom stereocenters. The molecule has 0 spiro atoms. The van der Waals surface area contributed by atoms with Gasteiger partial charge in [-0.25, -0.2) is 0 Å². The van der Waals surface area contributed by atoms with Crippen LogP contribution in [0.2, 0.25) is 0 Å². The van der Waals surface area contributed by atoms with Gasteiger partial charge in [-0.2, -0.15) is 0 Å². The minimum atomic E-state index is -0.466. The zero-order valence-corrected chi connectivity index (χ0v) is 12.9. The fraction of sp³-hybridized carbons (Fsp3) is 0.294. The highest BCUT2D eigenvalue weighted by molar-refractivity contribution is 7.10. The van der Waals surface area contributed by atoms with Crippen molar-refractivity contribution in [3.63, 3.8) is 0 Å². The van der Waals surface area contributed by atoms with Gasteiger partial charge in [0.1, 0.15) is 0 Å². The zero-order valence-electron chi connectivity index (χ0n) is 12.1. The summed E-state index contributed by atoms with van der Waals surface area (Å²) in [6.45, 7) is 0.602. The van der Waals surface area contributed by atoms with Crippen LogP contribution in [0.25, 0.3) is 6.08 Å². The standard InChI is InChI=1S/C17H18N2O2S/c20-16-7-10-19(15(16)12-13-5-8-18-9-6-13)17(21)4-3-14-2-1-11-22-14/h1-6,8-9,11,15-16,20H,7,10,12H2/b4-3+/t15-,16+/m0/s1. The SMILES string of the molecule is O=C(/C=C/c1cccs1)N1CC[C@@H](O)[C@@H]1Cc1ccncc1. The number of carbonyl (C=O) groups excluding carboxylic acids is 1. The predicted molar refractivity (Wildman–Crippen MR) is 87.4 cm³/mol. The molecule has 1 aliphatic rings. The van der Waals surface area contributed by atoms with E-state index in [4.69, 9.17) is 0 Å². The first-order valence-corrected chi connectivity index (χ1v) is 8.21. The minimum absolute atomic E-state index is 0.0380. The molecule has 0 aromatic carbocycles. The molecule has 114 valence electrons. The van der Waals surface area contributed by atoms with E-state index in [-0.39, 0.29) is 11.9 Å². The second-order valence-electron chi connectivity index (χ2n) is 5.36. The van der Waals surface area contributed by atoms with Crippen LogP contribution in [-0.4, -0.2) is 39.6 Å². The van der Waals surface area contributed by atoms with Crippen molar-refractivity contribution < 1.29 is 9.90 Å². The molecule has 0 radical (unpaired) electrons. The van der Waals surface area contributed by atoms with Crippen molar-refractivity contribution in [3.05, 3.63) is 58.6 Å². The van der Waals surface area contributed by atoms with E-state index < -0.39 is 6.10 Å². The summed E-state index contributed by atoms with van der Waals surface area (Å²) < 4.78 is 0. The molecule has 3 rings (SSSR count). The summed E-state index contributed by atoms with van der Waals surface area (Å²) in [4.78, 5) is 19.2. The maximum atomic E-state index is 12.4. The largest absolute Gasteiger partial charge is 0.391 e. The number of nitrogens with zero attached hydrogens (tertiary/aromatic N) is 2. The van der Waals surface area contributed by atoms with Crippen molar-refractivity contribution in [2.45, 2.75) is 25.0 Å². The van der Waals surface area contributed by atoms with Gasteiger partial charge in [-0.1, -0.05) is 6.07 Å². The van der Waals surface area contributed by atoms with Gasteiger partial charge in [0, 0.05) is 29.9 Å². The summed E-state index contributed by atoms with van der Waals surface area (Å²) >= 11 is 1.60. The number of hydrogen-bond donors (Lipinski definition) is 1. The van der Waals surface area contributed by atoms with E-state index in [2.05, 4.69) is 4.98 Å². The number of amides is 1. The van der Waals surface area contributed by atoms with E-state index in [1.54, 1.807) is 34.7 Å². The number of aliphatic hydroxyl groups is 1. The Balaban J connectivity index is 1.70. The summed E-state index contributed by atoms with van der Waals surface area (Å²) in [6, 6.07) is 7.62. The summed E-state index contributed by atoms with van der Waals surface area (Å²) in [5.41, 5.74) is 1.08. The van der Waals surface area contributed by atoms with Gasteiger partial charge < -0.3 is 10.0 Å². The Bertz CT molecular complexity index is 640. The van der Waals surface area contributed by atoms with Gasteiger partial charge in [-0.15, -0.1) is 11.3 Å². The fourth-order valence-corrected chi connectivity index (χ4v) is 3.37. The van der Waals surface area contributed by atoms with Crippen LogP contribution in [0.3, 0.4) is 0 Å². The number of rotatable bonds is 4. The smallest absolute Gasteiger partial charge is 0.246 e. The van der Waals surface area contributed by atoms with Gasteiger partial charge in [0.15, 0.2) is 0 Å². The van der Waals surface area contributed by atoms with Crippen molar-refractivity contribution >= 4 is 23.3 Å². The lowest BCUT2D eigenvalue weighted by atomic mass is 10.0. The molecular weight excluding hydrogens is 296 g/mol. The van der Waals surface area contributed by atoms with Crippen LogP contribution in [0.4, 0.5) is 0 Å². The topological polar surface area (TPSA) is 53.4 Å². The first-order chi connectivity index (χ1) is 10.7. The van der Waals surface area contributed by atoms with Crippen LogP contribution in [0.5, 0.6) is 0 Å². The van der Waals surface area contributed by atoms with Crippen LogP contribution >= 0.6 is 11.3 Å². The van der Waals surface area contributed by atoms with Gasteiger partial charge in [0.2, 0.25) is 5.91 Å². The zero-order chi connectivity index (χ0) is 15.4. The van der Waals surface area contributed by atoms with E-state index in [1.165, 1.54) is 0 Å². The van der Waals surface area contributed by atoms with E-state index >= 15 is 0 Å². The average molecular weight is 314 g/mol. The number of aromatic nitrogens is 1. The van der Waals surface area contributed by atoms with E-state index in [1.807, 2.05) is 35.7 Å². The molecule has 1 aliphatic heterocycles. The number of likely N-dealkylation sites (tertiary alicyclic amines) is 1. The molecule has 2 atom stereocenters. The number of thiophene rings is 1. The molecule has 22 heavy (non-hydrogen) atoms. The highest BCUT2D eigenvalue weighted by Gasteiger charge is 2.34.